The number of hydrogen-bond acceptors (Lipinski definition) is 4. The lowest BCUT2D eigenvalue weighted by molar-refractivity contribution is 0.0997. The molecule has 0 fully saturated rings. The van der Waals surface area contributed by atoms with E-state index in [2.05, 4.69) is 11.6 Å². The zero-order valence-corrected chi connectivity index (χ0v) is 16.2. The maximum Gasteiger partial charge on any atom is 0.279 e. The van der Waals surface area contributed by atoms with Gasteiger partial charge in [-0.25, -0.2) is 12.8 Å². The summed E-state index contributed by atoms with van der Waals surface area (Å²) in [6.07, 6.45) is 1.60. The fourth-order valence-electron chi connectivity index (χ4n) is 2.59. The average molecular weight is 404 g/mol. The van der Waals surface area contributed by atoms with E-state index in [0.717, 1.165) is 0 Å². The van der Waals surface area contributed by atoms with Crippen molar-refractivity contribution in [1.82, 2.24) is 4.57 Å². The maximum absolute atomic E-state index is 14.2. The van der Waals surface area contributed by atoms with E-state index in [1.165, 1.54) is 41.7 Å². The fourth-order valence-corrected chi connectivity index (χ4v) is 4.53. The Balaban J connectivity index is 2.06. The smallest absolute Gasteiger partial charge is 0.279 e. The standard InChI is InChI=1S/C19H17FN2O3S2/c1-3-12-22-17-15(20)6-5-7-16(17)26-19(22)21-18(23)13-8-10-14(11-9-13)27(24,25)4-2/h3,5-11H,1,4,12H2,2H3. The third-order valence-electron chi connectivity index (χ3n) is 4.00. The van der Waals surface area contributed by atoms with Gasteiger partial charge in [-0.05, 0) is 36.4 Å². The van der Waals surface area contributed by atoms with Gasteiger partial charge in [0.2, 0.25) is 0 Å². The van der Waals surface area contributed by atoms with E-state index in [0.29, 0.717) is 21.6 Å². The lowest BCUT2D eigenvalue weighted by Crippen LogP contribution is -2.16. The molecule has 0 saturated heterocycles. The van der Waals surface area contributed by atoms with Crippen molar-refractivity contribution in [2.45, 2.75) is 18.4 Å². The summed E-state index contributed by atoms with van der Waals surface area (Å²) in [5.41, 5.74) is 0.631. The van der Waals surface area contributed by atoms with Crippen LogP contribution in [0.4, 0.5) is 4.39 Å². The van der Waals surface area contributed by atoms with Gasteiger partial charge in [0.25, 0.3) is 5.91 Å². The number of benzene rings is 2. The molecule has 3 rings (SSSR count). The number of thiazole rings is 1. The van der Waals surface area contributed by atoms with E-state index >= 15 is 0 Å². The number of carbonyl (C=O) groups excluding carboxylic acids is 1. The number of rotatable bonds is 5. The zero-order valence-electron chi connectivity index (χ0n) is 14.6. The SMILES string of the molecule is C=CCn1c(=NC(=O)c2ccc(S(=O)(=O)CC)cc2)sc2cccc(F)c21. The van der Waals surface area contributed by atoms with E-state index in [4.69, 9.17) is 0 Å². The topological polar surface area (TPSA) is 68.5 Å². The van der Waals surface area contributed by atoms with Crippen molar-refractivity contribution in [3.63, 3.8) is 0 Å². The van der Waals surface area contributed by atoms with Gasteiger partial charge in [0.05, 0.1) is 20.9 Å². The van der Waals surface area contributed by atoms with Gasteiger partial charge < -0.3 is 4.57 Å². The molecule has 0 aliphatic carbocycles. The Hall–Kier alpha value is -2.58. The van der Waals surface area contributed by atoms with Gasteiger partial charge in [0, 0.05) is 12.1 Å². The van der Waals surface area contributed by atoms with Gasteiger partial charge in [-0.1, -0.05) is 30.4 Å². The molecule has 8 heteroatoms. The monoisotopic (exact) mass is 404 g/mol. The molecule has 1 heterocycles. The summed E-state index contributed by atoms with van der Waals surface area (Å²) in [4.78, 5) is 17.1. The molecule has 27 heavy (non-hydrogen) atoms. The molecule has 140 valence electrons. The number of sulfone groups is 1. The van der Waals surface area contributed by atoms with Crippen molar-refractivity contribution < 1.29 is 17.6 Å². The first-order valence-corrected chi connectivity index (χ1v) is 10.6. The van der Waals surface area contributed by atoms with E-state index in [1.807, 2.05) is 0 Å². The van der Waals surface area contributed by atoms with Crippen molar-refractivity contribution >= 4 is 37.3 Å². The van der Waals surface area contributed by atoms with E-state index in [1.54, 1.807) is 29.7 Å². The molecular formula is C19H17FN2O3S2. The van der Waals surface area contributed by atoms with Gasteiger partial charge in [-0.2, -0.15) is 4.99 Å². The lowest BCUT2D eigenvalue weighted by atomic mass is 10.2. The van der Waals surface area contributed by atoms with Crippen LogP contribution in [0.15, 0.2) is 65.0 Å². The van der Waals surface area contributed by atoms with Crippen LogP contribution < -0.4 is 4.80 Å². The van der Waals surface area contributed by atoms with Crippen LogP contribution in [-0.2, 0) is 16.4 Å². The van der Waals surface area contributed by atoms with Crippen LogP contribution in [0.25, 0.3) is 10.2 Å². The highest BCUT2D eigenvalue weighted by atomic mass is 32.2. The highest BCUT2D eigenvalue weighted by Crippen LogP contribution is 2.20. The molecule has 0 spiro atoms. The van der Waals surface area contributed by atoms with Crippen molar-refractivity contribution in [1.29, 1.82) is 0 Å². The van der Waals surface area contributed by atoms with E-state index in [-0.39, 0.29) is 16.2 Å². The molecule has 0 saturated carbocycles. The molecule has 0 N–H and O–H groups in total. The first kappa shape index (κ1) is 19.2. The number of hydrogen-bond donors (Lipinski definition) is 0. The number of halogens is 1. The quantitative estimate of drug-likeness (QED) is 0.611. The van der Waals surface area contributed by atoms with Crippen molar-refractivity contribution in [3.8, 4) is 0 Å². The molecule has 0 aliphatic heterocycles. The van der Waals surface area contributed by atoms with Crippen molar-refractivity contribution in [2.24, 2.45) is 4.99 Å². The summed E-state index contributed by atoms with van der Waals surface area (Å²) in [6.45, 7) is 5.53. The Kier molecular flexibility index (Phi) is 5.38. The summed E-state index contributed by atoms with van der Waals surface area (Å²) in [7, 11) is -3.33. The predicted molar refractivity (Wildman–Crippen MR) is 104 cm³/mol. The molecule has 0 bridgehead atoms. The Labute approximate surface area is 160 Å². The summed E-state index contributed by atoms with van der Waals surface area (Å²) in [5.74, 6) is -0.937. The largest absolute Gasteiger partial charge is 0.310 e. The van der Waals surface area contributed by atoms with Crippen molar-refractivity contribution in [3.05, 3.63) is 71.3 Å². The second kappa shape index (κ2) is 7.58. The molecule has 0 atom stereocenters. The zero-order chi connectivity index (χ0) is 19.6. The maximum atomic E-state index is 14.2. The van der Waals surface area contributed by atoms with Gasteiger partial charge >= 0.3 is 0 Å². The van der Waals surface area contributed by atoms with Crippen LogP contribution in [0.5, 0.6) is 0 Å². The second-order valence-corrected chi connectivity index (χ2v) is 9.00. The van der Waals surface area contributed by atoms with Crippen LogP contribution in [0, 0.1) is 5.82 Å². The minimum atomic E-state index is -3.33. The van der Waals surface area contributed by atoms with Gasteiger partial charge in [0.1, 0.15) is 5.82 Å². The minimum Gasteiger partial charge on any atom is -0.310 e. The number of amides is 1. The first-order chi connectivity index (χ1) is 12.9. The summed E-state index contributed by atoms with van der Waals surface area (Å²) >= 11 is 1.20. The normalized spacial score (nSPS) is 12.4. The van der Waals surface area contributed by atoms with Crippen LogP contribution in [0.3, 0.4) is 0 Å². The van der Waals surface area contributed by atoms with Crippen LogP contribution in [-0.4, -0.2) is 24.6 Å². The molecule has 2 aromatic carbocycles. The third-order valence-corrected chi connectivity index (χ3v) is 6.80. The fraction of sp³-hybridized carbons (Fsp3) is 0.158. The second-order valence-electron chi connectivity index (χ2n) is 5.72. The van der Waals surface area contributed by atoms with E-state index < -0.39 is 21.6 Å². The summed E-state index contributed by atoms with van der Waals surface area (Å²) in [5, 5.41) is 0. The Morgan fingerprint density at radius 1 is 1.26 bits per heavy atom. The molecule has 0 radical (unpaired) electrons. The first-order valence-electron chi connectivity index (χ1n) is 8.18. The predicted octanol–water partition coefficient (Wildman–Crippen LogP) is 3.56. The molecule has 0 aliphatic rings. The molecular weight excluding hydrogens is 387 g/mol. The van der Waals surface area contributed by atoms with Gasteiger partial charge in [-0.15, -0.1) is 6.58 Å². The average Bonchev–Trinajstić information content (AvgIpc) is 3.00. The van der Waals surface area contributed by atoms with Crippen LogP contribution in [0.1, 0.15) is 17.3 Å². The van der Waals surface area contributed by atoms with Crippen LogP contribution >= 0.6 is 11.3 Å². The highest BCUT2D eigenvalue weighted by molar-refractivity contribution is 7.91. The van der Waals surface area contributed by atoms with Crippen LogP contribution in [0.2, 0.25) is 0 Å². The Morgan fingerprint density at radius 3 is 2.59 bits per heavy atom. The molecule has 0 unspecified atom stereocenters. The number of aromatic nitrogens is 1. The van der Waals surface area contributed by atoms with Gasteiger partial charge in [0.15, 0.2) is 14.6 Å². The summed E-state index contributed by atoms with van der Waals surface area (Å²) in [6, 6.07) is 10.4. The number of nitrogens with zero attached hydrogens (tertiary/aromatic N) is 2. The Bertz CT molecular complexity index is 1190. The van der Waals surface area contributed by atoms with Crippen molar-refractivity contribution in [2.75, 3.05) is 5.75 Å². The number of carbonyl (C=O) groups is 1. The summed E-state index contributed by atoms with van der Waals surface area (Å²) < 4.78 is 40.2. The molecule has 1 aromatic heterocycles. The molecule has 5 nitrogen and oxygen atoms in total. The molecule has 3 aromatic rings. The number of allylic oxidation sites excluding steroid dienone is 1. The number of para-hydroxylation sites is 1. The third kappa shape index (κ3) is 3.77. The minimum absolute atomic E-state index is 0.0143. The molecule has 1 amide bonds. The number of fused-ring (bicyclic) bond motifs is 1. The van der Waals surface area contributed by atoms with E-state index in [9.17, 15) is 17.6 Å². The lowest BCUT2D eigenvalue weighted by Gasteiger charge is -2.03. The van der Waals surface area contributed by atoms with Gasteiger partial charge in [-0.3, -0.25) is 4.79 Å². The highest BCUT2D eigenvalue weighted by Gasteiger charge is 2.14. The Morgan fingerprint density at radius 2 is 1.96 bits per heavy atom.